The molecular weight excluding hydrogens is 1200 g/mol. The summed E-state index contributed by atoms with van der Waals surface area (Å²) in [5.74, 6) is 0.212. The van der Waals surface area contributed by atoms with Crippen molar-refractivity contribution in [3.8, 4) is 22.3 Å². The van der Waals surface area contributed by atoms with E-state index in [0.717, 1.165) is 0 Å². The van der Waals surface area contributed by atoms with Gasteiger partial charge < -0.3 is 4.90 Å². The van der Waals surface area contributed by atoms with E-state index in [1.807, 2.05) is 0 Å². The topological polar surface area (TPSA) is 3.24 Å². The third-order valence-electron chi connectivity index (χ3n) is 32.1. The summed E-state index contributed by atoms with van der Waals surface area (Å²) in [5.41, 5.74) is 19.4. The van der Waals surface area contributed by atoms with Gasteiger partial charge in [-0.15, -0.1) is 0 Å². The lowest BCUT2D eigenvalue weighted by Gasteiger charge is -2.32. The predicted molar refractivity (Wildman–Crippen MR) is 426 cm³/mol. The molecule has 0 N–H and O–H groups in total. The Morgan fingerprint density at radius 3 is 0.510 bits per heavy atom. The van der Waals surface area contributed by atoms with Crippen molar-refractivity contribution in [2.45, 2.75) is 69.1 Å². The second-order valence-corrected chi connectivity index (χ2v) is 36.5. The average Bonchev–Trinajstić information content (AvgIpc) is 1.36. The molecule has 1 nitrogen and oxygen atoms in total. The van der Waals surface area contributed by atoms with Crippen molar-refractivity contribution in [2.75, 3.05) is 4.90 Å². The molecule has 0 unspecified atom stereocenters. The van der Waals surface area contributed by atoms with E-state index in [1.165, 1.54) is 56.0 Å². The number of hydrogen-bond acceptors (Lipinski definition) is 1. The fourth-order valence-corrected chi connectivity index (χ4v) is 30.1. The molecule has 5 aliphatic rings. The lowest BCUT2D eigenvalue weighted by atomic mass is 9.68. The van der Waals surface area contributed by atoms with Gasteiger partial charge in [-0.2, -0.15) is 0 Å². The second-order valence-electron chi connectivity index (χ2n) is 36.5. The second kappa shape index (κ2) is 11.1. The summed E-state index contributed by atoms with van der Waals surface area (Å²) in [6.07, 6.45) is 0. The number of benzene rings is 23. The summed E-state index contributed by atoms with van der Waals surface area (Å²) < 4.78 is 0. The molecule has 0 radical (unpaired) electrons. The molecule has 1 fully saturated rings. The minimum Gasteiger partial charge on any atom is -0.311 e. The van der Waals surface area contributed by atoms with E-state index in [1.54, 1.807) is 313 Å². The van der Waals surface area contributed by atoms with E-state index in [-0.39, 0.29) is 27.6 Å². The van der Waals surface area contributed by atoms with E-state index in [0.29, 0.717) is 0 Å². The molecule has 1 saturated carbocycles. The van der Waals surface area contributed by atoms with Crippen LogP contribution in [0.5, 0.6) is 0 Å². The molecule has 0 aliphatic heterocycles. The van der Waals surface area contributed by atoms with Gasteiger partial charge in [0.15, 0.2) is 0 Å². The minimum atomic E-state index is -0.276. The Balaban J connectivity index is 0.702. The van der Waals surface area contributed by atoms with Crippen LogP contribution in [0.25, 0.3) is 313 Å². The highest BCUT2D eigenvalue weighted by Crippen LogP contribution is 2.94. The van der Waals surface area contributed by atoms with Crippen LogP contribution in [0.2, 0.25) is 0 Å². The standard InChI is InChI=1S/C99H39N/c1-96(2,3)32-17-7-27(8-18-32)29-11-21-34(22-12-29)100(35-23-13-30(14-24-35)28-9-19-33(20-10-28)97(4,5)6)36-25-15-31(16-26-36)95-98-91-83-75-65-55-47-39-37-38-41-45-43(39)51-59-53(45)63-57-49(41)50-42(38)46-44-40(37)48(47)56-62-52(44)60-54(46)64-58(50)68-67(57)77-71(63)81-73(59)79(69(75)61(51)55)87(91)89(81)93-85(77)86-78(68)72(64)82-74(60)80-70(62)76(66(56)65)84(83)92(98)88(80)90(82)94(86)99(93,95)98/h7-26,95H,1-6H3. The Morgan fingerprint density at radius 1 is 0.190 bits per heavy atom. The summed E-state index contributed by atoms with van der Waals surface area (Å²) >= 11 is 0. The minimum absolute atomic E-state index is 0.0983. The van der Waals surface area contributed by atoms with Crippen molar-refractivity contribution >= 4 is 308 Å². The molecule has 1 heteroatoms. The quantitative estimate of drug-likeness (QED) is 0.150. The lowest BCUT2D eigenvalue weighted by Crippen LogP contribution is -2.27. The van der Waals surface area contributed by atoms with Crippen LogP contribution in [0.3, 0.4) is 0 Å². The Kier molecular flexibility index (Phi) is 4.84. The Hall–Kier alpha value is -11.6. The van der Waals surface area contributed by atoms with Gasteiger partial charge in [0.25, 0.3) is 0 Å². The van der Waals surface area contributed by atoms with Crippen LogP contribution in [0.1, 0.15) is 86.4 Å². The molecule has 33 aromatic carbocycles. The van der Waals surface area contributed by atoms with Crippen LogP contribution < -0.4 is 4.90 Å². The van der Waals surface area contributed by atoms with E-state index in [4.69, 9.17) is 0 Å². The summed E-state index contributed by atoms with van der Waals surface area (Å²) in [6, 6.07) is 47.9. The largest absolute Gasteiger partial charge is 0.311 e. The highest BCUT2D eigenvalue weighted by molar-refractivity contribution is 6.82. The first-order chi connectivity index (χ1) is 49.1. The fraction of sp³-hybridized carbons (Fsp3) is 0.111. The molecule has 38 rings (SSSR count). The Morgan fingerprint density at radius 2 is 0.340 bits per heavy atom. The monoisotopic (exact) mass is 1240 g/mol. The maximum atomic E-state index is 2.68. The predicted octanol–water partition coefficient (Wildman–Crippen LogP) is 27.5. The number of nitrogens with zero attached hydrogens (tertiary/aromatic N) is 1. The SMILES string of the molecule is CC(C)(C)c1ccc(-c2ccc(N(c3ccc(-c4ccc(C(C)(C)C)cc4)cc3)c3ccc(C4C56c7c8c9c%10c%11c%12c(c%13c%14c5c5c7c7c%15c8c8c9c9c%11c%11c%16c%12c%12c%13c%13c%14c%14c5c5c7c7c%15c%15c8c8c9c%11c9c%11c%16c%12c%12c%13c%13c%14c5c5c7c7c%15c8c9c8c%11c%12c%13c5c78)C%1046)cc3)cc2)cc1. The molecule has 33 aromatic rings. The van der Waals surface area contributed by atoms with Crippen LogP contribution in [0.4, 0.5) is 17.1 Å². The zero-order valence-corrected chi connectivity index (χ0v) is 54.6. The van der Waals surface area contributed by atoms with Gasteiger partial charge in [-0.25, -0.2) is 0 Å². The molecule has 0 heterocycles. The van der Waals surface area contributed by atoms with Gasteiger partial charge in [-0.1, -0.05) is 126 Å². The first-order valence-corrected chi connectivity index (χ1v) is 37.1. The summed E-state index contributed by atoms with van der Waals surface area (Å²) in [4.78, 5) is 2.54. The zero-order chi connectivity index (χ0) is 62.6. The van der Waals surface area contributed by atoms with Gasteiger partial charge in [-0.05, 0) is 399 Å². The van der Waals surface area contributed by atoms with Crippen molar-refractivity contribution in [3.05, 3.63) is 160 Å². The zero-order valence-electron chi connectivity index (χ0n) is 54.6. The van der Waals surface area contributed by atoms with Gasteiger partial charge in [-0.3, -0.25) is 0 Å². The average molecular weight is 1240 g/mol. The third-order valence-corrected chi connectivity index (χ3v) is 32.1. The summed E-state index contributed by atoms with van der Waals surface area (Å²) in [7, 11) is 0. The summed E-state index contributed by atoms with van der Waals surface area (Å²) in [5, 5.41) is 89.7. The van der Waals surface area contributed by atoms with E-state index in [9.17, 15) is 0 Å². The van der Waals surface area contributed by atoms with E-state index >= 15 is 0 Å². The van der Waals surface area contributed by atoms with Gasteiger partial charge >= 0.3 is 0 Å². The molecule has 5 aliphatic carbocycles. The van der Waals surface area contributed by atoms with Crippen LogP contribution in [0.15, 0.2) is 121 Å². The molecule has 0 atom stereocenters. The maximum Gasteiger partial charge on any atom is 0.0462 e. The smallest absolute Gasteiger partial charge is 0.0462 e. The van der Waals surface area contributed by atoms with Crippen LogP contribution in [-0.4, -0.2) is 0 Å². The first-order valence-electron chi connectivity index (χ1n) is 37.1. The molecule has 100 heavy (non-hydrogen) atoms. The first kappa shape index (κ1) is 43.6. The van der Waals surface area contributed by atoms with Crippen molar-refractivity contribution in [1.82, 2.24) is 0 Å². The lowest BCUT2D eigenvalue weighted by molar-refractivity contribution is 0.590. The Labute approximate surface area is 560 Å². The van der Waals surface area contributed by atoms with Crippen molar-refractivity contribution in [3.63, 3.8) is 0 Å². The van der Waals surface area contributed by atoms with Crippen molar-refractivity contribution in [2.24, 2.45) is 0 Å². The number of hydrogen-bond donors (Lipinski definition) is 0. The van der Waals surface area contributed by atoms with Gasteiger partial charge in [0, 0.05) is 33.8 Å². The van der Waals surface area contributed by atoms with E-state index in [2.05, 4.69) is 168 Å². The normalized spacial score (nSPS) is 20.1. The fourth-order valence-electron chi connectivity index (χ4n) is 30.1. The van der Waals surface area contributed by atoms with Gasteiger partial charge in [0.2, 0.25) is 0 Å². The Bertz CT molecular complexity index is 8630. The van der Waals surface area contributed by atoms with Gasteiger partial charge in [0.1, 0.15) is 0 Å². The summed E-state index contributed by atoms with van der Waals surface area (Å²) in [6.45, 7) is 13.8. The van der Waals surface area contributed by atoms with Crippen molar-refractivity contribution in [1.29, 1.82) is 0 Å². The molecule has 2 spiro atoms. The molecule has 440 valence electrons. The highest BCUT2D eigenvalue weighted by atomic mass is 15.1. The molecule has 0 amide bonds. The van der Waals surface area contributed by atoms with Crippen LogP contribution in [-0.2, 0) is 21.7 Å². The molecule has 0 aromatic heterocycles. The third kappa shape index (κ3) is 3.01. The van der Waals surface area contributed by atoms with E-state index < -0.39 is 0 Å². The molecule has 0 saturated heterocycles. The van der Waals surface area contributed by atoms with Crippen LogP contribution in [0, 0.1) is 0 Å². The van der Waals surface area contributed by atoms with Gasteiger partial charge in [0.05, 0.1) is 0 Å². The number of rotatable bonds is 6. The van der Waals surface area contributed by atoms with Crippen LogP contribution >= 0.6 is 0 Å². The molecule has 0 bridgehead atoms. The number of anilines is 3. The highest BCUT2D eigenvalue weighted by Gasteiger charge is 2.86. The van der Waals surface area contributed by atoms with Crippen molar-refractivity contribution < 1.29 is 0 Å². The molecular formula is C99H39N. The maximum absolute atomic E-state index is 2.68.